The Hall–Kier alpha value is -1.79. The van der Waals surface area contributed by atoms with Gasteiger partial charge in [0.15, 0.2) is 0 Å². The summed E-state index contributed by atoms with van der Waals surface area (Å²) in [5.74, 6) is 0.171. The molecule has 182 valence electrons. The number of hydrogen-bond donors (Lipinski definition) is 2. The molecule has 0 radical (unpaired) electrons. The summed E-state index contributed by atoms with van der Waals surface area (Å²) in [4.78, 5) is 42.9. The highest BCUT2D eigenvalue weighted by atomic mass is 16.2. The molecule has 3 unspecified atom stereocenters. The summed E-state index contributed by atoms with van der Waals surface area (Å²) in [6, 6.07) is -0.236. The van der Waals surface area contributed by atoms with E-state index in [9.17, 15) is 14.4 Å². The molecule has 3 rings (SSSR count). The Labute approximate surface area is 194 Å². The molecule has 3 atom stereocenters. The number of piperazine rings is 1. The molecule has 1 saturated heterocycles. The van der Waals surface area contributed by atoms with Gasteiger partial charge in [-0.1, -0.05) is 58.8 Å². The Morgan fingerprint density at radius 3 is 2.16 bits per heavy atom. The third-order valence-corrected chi connectivity index (χ3v) is 7.89. The molecule has 0 spiro atoms. The number of amides is 4. The van der Waals surface area contributed by atoms with Crippen LogP contribution in [0, 0.1) is 11.8 Å². The number of nitrogens with one attached hydrogen (secondary N) is 2. The predicted molar refractivity (Wildman–Crippen MR) is 126 cm³/mol. The summed E-state index contributed by atoms with van der Waals surface area (Å²) in [7, 11) is 0. The van der Waals surface area contributed by atoms with Gasteiger partial charge < -0.3 is 20.4 Å². The van der Waals surface area contributed by atoms with Gasteiger partial charge in [-0.05, 0) is 38.5 Å². The summed E-state index contributed by atoms with van der Waals surface area (Å²) in [5.41, 5.74) is 0. The van der Waals surface area contributed by atoms with Crippen molar-refractivity contribution in [1.82, 2.24) is 20.4 Å². The number of rotatable bonds is 6. The van der Waals surface area contributed by atoms with Gasteiger partial charge in [0, 0.05) is 37.6 Å². The van der Waals surface area contributed by atoms with E-state index in [0.29, 0.717) is 19.6 Å². The number of nitrogens with zero attached hydrogens (tertiary/aromatic N) is 2. The second-order valence-corrected chi connectivity index (χ2v) is 10.3. The fraction of sp³-hybridized carbons (Fsp3) is 0.880. The normalized spacial score (nSPS) is 25.2. The third-order valence-electron chi connectivity index (χ3n) is 7.89. The Morgan fingerprint density at radius 2 is 1.56 bits per heavy atom. The minimum absolute atomic E-state index is 0.000534. The summed E-state index contributed by atoms with van der Waals surface area (Å²) >= 11 is 0. The molecule has 4 amide bonds. The van der Waals surface area contributed by atoms with Crippen molar-refractivity contribution in [3.8, 4) is 0 Å². The standard InChI is InChI=1S/C25H44N4O3/c1-4-18(2)22(27-23(30)20-11-7-5-8-12-20)24(31)28-15-16-29(19(3)17-28)25(32)26-21-13-9-6-10-14-21/h18-22H,4-17H2,1-3H3,(H,26,32)(H,27,30). The predicted octanol–water partition coefficient (Wildman–Crippen LogP) is 3.67. The Bertz CT molecular complexity index is 643. The first-order chi connectivity index (χ1) is 15.4. The number of urea groups is 1. The second kappa shape index (κ2) is 11.9. The maximum Gasteiger partial charge on any atom is 0.317 e. The minimum Gasteiger partial charge on any atom is -0.344 e. The van der Waals surface area contributed by atoms with E-state index in [4.69, 9.17) is 0 Å². The number of carbonyl (C=O) groups is 3. The summed E-state index contributed by atoms with van der Waals surface area (Å²) in [6.07, 6.45) is 11.9. The van der Waals surface area contributed by atoms with Crippen LogP contribution in [0.15, 0.2) is 0 Å². The zero-order valence-electron chi connectivity index (χ0n) is 20.4. The first-order valence-electron chi connectivity index (χ1n) is 13.1. The molecule has 2 saturated carbocycles. The highest BCUT2D eigenvalue weighted by molar-refractivity contribution is 5.89. The average Bonchev–Trinajstić information content (AvgIpc) is 2.82. The minimum atomic E-state index is -0.482. The maximum atomic E-state index is 13.4. The molecular formula is C25H44N4O3. The van der Waals surface area contributed by atoms with Crippen LogP contribution in [0.4, 0.5) is 4.79 Å². The highest BCUT2D eigenvalue weighted by Gasteiger charge is 2.36. The second-order valence-electron chi connectivity index (χ2n) is 10.3. The molecule has 32 heavy (non-hydrogen) atoms. The summed E-state index contributed by atoms with van der Waals surface area (Å²) < 4.78 is 0. The van der Waals surface area contributed by atoms with Crippen molar-refractivity contribution >= 4 is 17.8 Å². The lowest BCUT2D eigenvalue weighted by molar-refractivity contribution is -0.141. The van der Waals surface area contributed by atoms with Crippen LogP contribution in [0.2, 0.25) is 0 Å². The number of hydrogen-bond acceptors (Lipinski definition) is 3. The fourth-order valence-electron chi connectivity index (χ4n) is 5.48. The van der Waals surface area contributed by atoms with E-state index < -0.39 is 6.04 Å². The smallest absolute Gasteiger partial charge is 0.317 e. The third kappa shape index (κ3) is 6.38. The number of carbonyl (C=O) groups excluding carboxylic acids is 3. The van der Waals surface area contributed by atoms with Crippen LogP contribution in [-0.4, -0.2) is 65.4 Å². The molecule has 2 N–H and O–H groups in total. The summed E-state index contributed by atoms with van der Waals surface area (Å²) in [5, 5.41) is 6.32. The molecule has 1 aliphatic heterocycles. The van der Waals surface area contributed by atoms with Crippen LogP contribution >= 0.6 is 0 Å². The zero-order valence-corrected chi connectivity index (χ0v) is 20.4. The van der Waals surface area contributed by atoms with Crippen LogP contribution in [0.3, 0.4) is 0 Å². The molecule has 2 aliphatic carbocycles. The lowest BCUT2D eigenvalue weighted by Crippen LogP contribution is -2.62. The molecular weight excluding hydrogens is 404 g/mol. The van der Waals surface area contributed by atoms with Crippen molar-refractivity contribution in [1.29, 1.82) is 0 Å². The summed E-state index contributed by atoms with van der Waals surface area (Å²) in [6.45, 7) is 7.69. The van der Waals surface area contributed by atoms with Crippen LogP contribution < -0.4 is 10.6 Å². The van der Waals surface area contributed by atoms with Crippen molar-refractivity contribution in [2.24, 2.45) is 11.8 Å². The topological polar surface area (TPSA) is 81.8 Å². The molecule has 0 aromatic heterocycles. The van der Waals surface area contributed by atoms with Crippen LogP contribution in [0.1, 0.15) is 91.4 Å². The highest BCUT2D eigenvalue weighted by Crippen LogP contribution is 2.25. The van der Waals surface area contributed by atoms with Gasteiger partial charge in [0.2, 0.25) is 11.8 Å². The van der Waals surface area contributed by atoms with Crippen molar-refractivity contribution in [2.75, 3.05) is 19.6 Å². The monoisotopic (exact) mass is 448 g/mol. The first-order valence-corrected chi connectivity index (χ1v) is 13.1. The van der Waals surface area contributed by atoms with Gasteiger partial charge in [-0.2, -0.15) is 0 Å². The molecule has 1 heterocycles. The van der Waals surface area contributed by atoms with E-state index in [1.165, 1.54) is 25.7 Å². The van der Waals surface area contributed by atoms with E-state index in [1.807, 2.05) is 23.6 Å². The van der Waals surface area contributed by atoms with Gasteiger partial charge >= 0.3 is 6.03 Å². The van der Waals surface area contributed by atoms with Crippen molar-refractivity contribution in [3.63, 3.8) is 0 Å². The van der Waals surface area contributed by atoms with Gasteiger partial charge in [-0.15, -0.1) is 0 Å². The van der Waals surface area contributed by atoms with Gasteiger partial charge in [-0.25, -0.2) is 4.79 Å². The largest absolute Gasteiger partial charge is 0.344 e. The maximum absolute atomic E-state index is 13.4. The van der Waals surface area contributed by atoms with Gasteiger partial charge in [0.25, 0.3) is 0 Å². The SMILES string of the molecule is CCC(C)C(NC(=O)C1CCCCC1)C(=O)N1CCN(C(=O)NC2CCCCC2)C(C)C1. The van der Waals surface area contributed by atoms with Crippen molar-refractivity contribution in [2.45, 2.75) is 110 Å². The molecule has 7 heteroatoms. The van der Waals surface area contributed by atoms with E-state index in [-0.39, 0.29) is 41.8 Å². The van der Waals surface area contributed by atoms with Gasteiger partial charge in [-0.3, -0.25) is 9.59 Å². The Morgan fingerprint density at radius 1 is 0.938 bits per heavy atom. The lowest BCUT2D eigenvalue weighted by atomic mass is 9.87. The van der Waals surface area contributed by atoms with Gasteiger partial charge in [0.05, 0.1) is 0 Å². The van der Waals surface area contributed by atoms with Crippen molar-refractivity contribution in [3.05, 3.63) is 0 Å². The molecule has 7 nitrogen and oxygen atoms in total. The average molecular weight is 449 g/mol. The fourth-order valence-corrected chi connectivity index (χ4v) is 5.48. The van der Waals surface area contributed by atoms with Crippen LogP contribution in [0.5, 0.6) is 0 Å². The van der Waals surface area contributed by atoms with Crippen LogP contribution in [0.25, 0.3) is 0 Å². The molecule has 3 fully saturated rings. The van der Waals surface area contributed by atoms with Crippen LogP contribution in [-0.2, 0) is 9.59 Å². The quantitative estimate of drug-likeness (QED) is 0.650. The van der Waals surface area contributed by atoms with Crippen molar-refractivity contribution < 1.29 is 14.4 Å². The van der Waals surface area contributed by atoms with Gasteiger partial charge in [0.1, 0.15) is 6.04 Å². The molecule has 0 bridgehead atoms. The first kappa shape index (κ1) is 24.8. The molecule has 0 aromatic rings. The zero-order chi connectivity index (χ0) is 23.1. The Kier molecular flexibility index (Phi) is 9.23. The Balaban J connectivity index is 1.56. The molecule has 0 aromatic carbocycles. The van der Waals surface area contributed by atoms with E-state index >= 15 is 0 Å². The lowest BCUT2D eigenvalue weighted by Gasteiger charge is -2.42. The van der Waals surface area contributed by atoms with E-state index in [2.05, 4.69) is 17.6 Å². The van der Waals surface area contributed by atoms with E-state index in [1.54, 1.807) is 0 Å². The van der Waals surface area contributed by atoms with E-state index in [0.717, 1.165) is 44.9 Å². The molecule has 3 aliphatic rings.